The van der Waals surface area contributed by atoms with E-state index in [2.05, 4.69) is 21.2 Å². The third-order valence-electron chi connectivity index (χ3n) is 2.69. The summed E-state index contributed by atoms with van der Waals surface area (Å²) in [5.41, 5.74) is -0.0605. The predicted octanol–water partition coefficient (Wildman–Crippen LogP) is 4.84. The molecule has 1 unspecified atom stereocenters. The first kappa shape index (κ1) is 17.3. The molecule has 1 N–H and O–H groups in total. The Hall–Kier alpha value is -0.760. The summed E-state index contributed by atoms with van der Waals surface area (Å²) in [6, 6.07) is 3.42. The zero-order chi connectivity index (χ0) is 15.6. The molecule has 0 saturated heterocycles. The van der Waals surface area contributed by atoms with Crippen molar-refractivity contribution in [3.05, 3.63) is 34.3 Å². The van der Waals surface area contributed by atoms with E-state index in [4.69, 9.17) is 0 Å². The Labute approximate surface area is 120 Å². The first-order chi connectivity index (χ1) is 9.07. The Bertz CT molecular complexity index is 411. The Morgan fingerprint density at radius 1 is 1.00 bits per heavy atom. The molecule has 0 bridgehead atoms. The van der Waals surface area contributed by atoms with Crippen LogP contribution in [0.4, 0.5) is 26.3 Å². The average molecular weight is 364 g/mol. The maximum Gasteiger partial charge on any atom is 0.402 e. The fraction of sp³-hybridized carbons (Fsp3) is 0.500. The van der Waals surface area contributed by atoms with Crippen LogP contribution in [0.5, 0.6) is 0 Å². The van der Waals surface area contributed by atoms with Gasteiger partial charge in [0.2, 0.25) is 0 Å². The molecule has 1 aromatic rings. The van der Waals surface area contributed by atoms with Gasteiger partial charge in [0.25, 0.3) is 0 Å². The van der Waals surface area contributed by atoms with Gasteiger partial charge in [0, 0.05) is 4.47 Å². The quantitative estimate of drug-likeness (QED) is 0.754. The first-order valence-electron chi connectivity index (χ1n) is 5.69. The Kier molecular flexibility index (Phi) is 5.48. The predicted molar refractivity (Wildman–Crippen MR) is 66.2 cm³/mol. The molecule has 0 amide bonds. The molecule has 8 heteroatoms. The van der Waals surface area contributed by atoms with Crippen molar-refractivity contribution in [3.8, 4) is 0 Å². The van der Waals surface area contributed by atoms with Crippen LogP contribution in [0, 0.1) is 5.92 Å². The van der Waals surface area contributed by atoms with Crippen molar-refractivity contribution >= 4 is 15.9 Å². The van der Waals surface area contributed by atoms with Crippen molar-refractivity contribution in [2.45, 2.75) is 25.3 Å². The van der Waals surface area contributed by atoms with Crippen LogP contribution < -0.4 is 5.32 Å². The fourth-order valence-electron chi connectivity index (χ4n) is 1.88. The summed E-state index contributed by atoms with van der Waals surface area (Å²) < 4.78 is 77.3. The molecule has 0 heterocycles. The van der Waals surface area contributed by atoms with Crippen molar-refractivity contribution in [1.29, 1.82) is 0 Å². The van der Waals surface area contributed by atoms with Crippen molar-refractivity contribution in [2.75, 3.05) is 6.54 Å². The molecule has 1 nitrogen and oxygen atoms in total. The molecule has 0 aromatic heterocycles. The molecule has 20 heavy (non-hydrogen) atoms. The number of rotatable bonds is 4. The molecule has 0 aliphatic carbocycles. The third kappa shape index (κ3) is 4.37. The van der Waals surface area contributed by atoms with Crippen molar-refractivity contribution in [2.24, 2.45) is 5.92 Å². The monoisotopic (exact) mass is 363 g/mol. The molecule has 0 saturated carbocycles. The summed E-state index contributed by atoms with van der Waals surface area (Å²) in [6.07, 6.45) is -10.8. The molecule has 0 fully saturated rings. The lowest BCUT2D eigenvalue weighted by atomic mass is 9.91. The lowest BCUT2D eigenvalue weighted by Crippen LogP contribution is -2.45. The normalized spacial score (nSPS) is 14.7. The van der Waals surface area contributed by atoms with Gasteiger partial charge in [-0.05, 0) is 24.2 Å². The minimum atomic E-state index is -5.38. The number of hydrogen-bond donors (Lipinski definition) is 1. The minimum absolute atomic E-state index is 0.0105. The molecule has 0 spiro atoms. The van der Waals surface area contributed by atoms with Crippen LogP contribution in [0.2, 0.25) is 0 Å². The second-order valence-corrected chi connectivity index (χ2v) is 5.06. The number of hydrogen-bond acceptors (Lipinski definition) is 1. The van der Waals surface area contributed by atoms with E-state index in [1.807, 2.05) is 0 Å². The molecule has 0 aliphatic heterocycles. The maximum absolute atomic E-state index is 12.8. The lowest BCUT2D eigenvalue weighted by Gasteiger charge is -2.31. The van der Waals surface area contributed by atoms with Crippen LogP contribution in [0.3, 0.4) is 0 Å². The van der Waals surface area contributed by atoms with E-state index < -0.39 is 24.3 Å². The number of nitrogens with one attached hydrogen (secondary N) is 1. The van der Waals surface area contributed by atoms with E-state index in [-0.39, 0.29) is 12.1 Å². The average Bonchev–Trinajstić information content (AvgIpc) is 2.25. The molecule has 1 aromatic carbocycles. The zero-order valence-corrected chi connectivity index (χ0v) is 11.9. The Morgan fingerprint density at radius 3 is 1.80 bits per heavy atom. The lowest BCUT2D eigenvalue weighted by molar-refractivity contribution is -0.292. The van der Waals surface area contributed by atoms with Gasteiger partial charge in [-0.3, -0.25) is 0 Å². The van der Waals surface area contributed by atoms with Gasteiger partial charge in [-0.15, -0.1) is 0 Å². The SMILES string of the molecule is CCNC(c1ccc(Br)cc1)C(C(F)(F)F)C(F)(F)F. The molecule has 1 atom stereocenters. The zero-order valence-electron chi connectivity index (χ0n) is 10.3. The van der Waals surface area contributed by atoms with Gasteiger partial charge in [-0.1, -0.05) is 35.0 Å². The second-order valence-electron chi connectivity index (χ2n) is 4.15. The number of alkyl halides is 6. The first-order valence-corrected chi connectivity index (χ1v) is 6.49. The molecule has 0 aliphatic rings. The van der Waals surface area contributed by atoms with Crippen LogP contribution >= 0.6 is 15.9 Å². The summed E-state index contributed by atoms with van der Waals surface area (Å²) in [5, 5.41) is 2.28. The largest absolute Gasteiger partial charge is 0.402 e. The summed E-state index contributed by atoms with van der Waals surface area (Å²) >= 11 is 3.08. The van der Waals surface area contributed by atoms with Crippen LogP contribution in [-0.4, -0.2) is 18.9 Å². The van der Waals surface area contributed by atoms with Crippen LogP contribution in [0.25, 0.3) is 0 Å². The standard InChI is InChI=1S/C12H12BrF6N/c1-2-20-9(7-3-5-8(13)6-4-7)10(11(14,15)16)12(17,18)19/h3-6,9-10,20H,2H2,1H3. The van der Waals surface area contributed by atoms with Gasteiger partial charge in [0.05, 0.1) is 6.04 Å². The smallest absolute Gasteiger partial charge is 0.309 e. The van der Waals surface area contributed by atoms with Crippen LogP contribution in [0.15, 0.2) is 28.7 Å². The number of benzene rings is 1. The highest BCUT2D eigenvalue weighted by Crippen LogP contribution is 2.46. The topological polar surface area (TPSA) is 12.0 Å². The van der Waals surface area contributed by atoms with Gasteiger partial charge in [-0.25, -0.2) is 0 Å². The van der Waals surface area contributed by atoms with Crippen molar-refractivity contribution in [1.82, 2.24) is 5.32 Å². The highest BCUT2D eigenvalue weighted by molar-refractivity contribution is 9.10. The number of halogens is 7. The van der Waals surface area contributed by atoms with Gasteiger partial charge in [0.1, 0.15) is 0 Å². The van der Waals surface area contributed by atoms with E-state index in [1.54, 1.807) is 0 Å². The Morgan fingerprint density at radius 2 is 1.45 bits per heavy atom. The highest BCUT2D eigenvalue weighted by Gasteiger charge is 2.60. The summed E-state index contributed by atoms with van der Waals surface area (Å²) in [4.78, 5) is 0. The van der Waals surface area contributed by atoms with E-state index in [0.29, 0.717) is 4.47 Å². The molecule has 0 radical (unpaired) electrons. The molecular weight excluding hydrogens is 352 g/mol. The molecule has 114 valence electrons. The summed E-state index contributed by atoms with van der Waals surface area (Å²) in [5.74, 6) is -3.45. The fourth-order valence-corrected chi connectivity index (χ4v) is 2.15. The van der Waals surface area contributed by atoms with E-state index in [9.17, 15) is 26.3 Å². The highest BCUT2D eigenvalue weighted by atomic mass is 79.9. The van der Waals surface area contributed by atoms with Gasteiger partial charge in [0.15, 0.2) is 5.92 Å². The summed E-state index contributed by atoms with van der Waals surface area (Å²) in [6.45, 7) is 1.44. The maximum atomic E-state index is 12.8. The van der Waals surface area contributed by atoms with Gasteiger partial charge >= 0.3 is 12.4 Å². The van der Waals surface area contributed by atoms with E-state index >= 15 is 0 Å². The van der Waals surface area contributed by atoms with Crippen molar-refractivity contribution in [3.63, 3.8) is 0 Å². The van der Waals surface area contributed by atoms with Crippen LogP contribution in [0.1, 0.15) is 18.5 Å². The summed E-state index contributed by atoms with van der Waals surface area (Å²) in [7, 11) is 0. The van der Waals surface area contributed by atoms with Gasteiger partial charge in [-0.2, -0.15) is 26.3 Å². The van der Waals surface area contributed by atoms with Crippen molar-refractivity contribution < 1.29 is 26.3 Å². The second kappa shape index (κ2) is 6.34. The molecular formula is C12H12BrF6N. The van der Waals surface area contributed by atoms with Crippen LogP contribution in [-0.2, 0) is 0 Å². The third-order valence-corrected chi connectivity index (χ3v) is 3.22. The molecule has 1 rings (SSSR count). The minimum Gasteiger partial charge on any atom is -0.309 e. The van der Waals surface area contributed by atoms with E-state index in [0.717, 1.165) is 0 Å². The van der Waals surface area contributed by atoms with Gasteiger partial charge < -0.3 is 5.32 Å². The van der Waals surface area contributed by atoms with E-state index in [1.165, 1.54) is 31.2 Å². The Balaban J connectivity index is 3.24.